The summed E-state index contributed by atoms with van der Waals surface area (Å²) in [6.07, 6.45) is 0. The van der Waals surface area contributed by atoms with E-state index in [4.69, 9.17) is 5.11 Å². The minimum absolute atomic E-state index is 0.468. The number of anilines is 1. The van der Waals surface area contributed by atoms with Crippen molar-refractivity contribution in [3.05, 3.63) is 53.6 Å². The topological polar surface area (TPSA) is 104 Å². The third-order valence-electron chi connectivity index (χ3n) is 2.69. The quantitative estimate of drug-likeness (QED) is 0.746. The number of hydrogen-bond donors (Lipinski definition) is 3. The van der Waals surface area contributed by atoms with Crippen molar-refractivity contribution in [1.29, 1.82) is 0 Å². The SMILES string of the molecule is O=C(O)c1cccc(NS(=O)(=O)c2cc(F)ccc2F)c1O. The summed E-state index contributed by atoms with van der Waals surface area (Å²) in [5, 5.41) is 18.6. The normalized spacial score (nSPS) is 11.2. The highest BCUT2D eigenvalue weighted by Crippen LogP contribution is 2.30. The molecule has 0 saturated carbocycles. The lowest BCUT2D eigenvalue weighted by Gasteiger charge is -2.11. The standard InChI is InChI=1S/C13H9F2NO5S/c14-7-4-5-9(15)11(6-7)22(20,21)16-10-3-1-2-8(12(10)17)13(18)19/h1-6,16-17H,(H,18,19). The third-order valence-corrected chi connectivity index (χ3v) is 4.07. The molecule has 3 N–H and O–H groups in total. The van der Waals surface area contributed by atoms with E-state index in [1.54, 1.807) is 0 Å². The zero-order valence-electron chi connectivity index (χ0n) is 10.7. The van der Waals surface area contributed by atoms with Crippen LogP contribution < -0.4 is 4.72 Å². The van der Waals surface area contributed by atoms with Crippen LogP contribution in [0.25, 0.3) is 0 Å². The molecule has 0 amide bonds. The molecule has 0 bridgehead atoms. The number of carboxylic acids is 1. The van der Waals surface area contributed by atoms with Crippen LogP contribution in [0.5, 0.6) is 5.75 Å². The van der Waals surface area contributed by atoms with Crippen molar-refractivity contribution >= 4 is 21.7 Å². The highest BCUT2D eigenvalue weighted by Gasteiger charge is 2.23. The maximum Gasteiger partial charge on any atom is 0.339 e. The van der Waals surface area contributed by atoms with Crippen molar-refractivity contribution in [2.75, 3.05) is 4.72 Å². The van der Waals surface area contributed by atoms with Crippen molar-refractivity contribution in [1.82, 2.24) is 0 Å². The van der Waals surface area contributed by atoms with Gasteiger partial charge in [-0.2, -0.15) is 0 Å². The molecule has 0 atom stereocenters. The summed E-state index contributed by atoms with van der Waals surface area (Å²) in [4.78, 5) is 9.90. The van der Waals surface area contributed by atoms with Gasteiger partial charge in [0.25, 0.3) is 10.0 Å². The molecule has 2 aromatic carbocycles. The van der Waals surface area contributed by atoms with E-state index in [-0.39, 0.29) is 0 Å². The first-order chi connectivity index (χ1) is 10.2. The van der Waals surface area contributed by atoms with Gasteiger partial charge >= 0.3 is 5.97 Å². The lowest BCUT2D eigenvalue weighted by molar-refractivity contribution is 0.0694. The molecule has 0 heterocycles. The average molecular weight is 329 g/mol. The van der Waals surface area contributed by atoms with Crippen molar-refractivity contribution in [3.63, 3.8) is 0 Å². The van der Waals surface area contributed by atoms with Gasteiger partial charge in [0.1, 0.15) is 22.1 Å². The third kappa shape index (κ3) is 2.98. The zero-order chi connectivity index (χ0) is 16.5. The van der Waals surface area contributed by atoms with Gasteiger partial charge in [0.2, 0.25) is 0 Å². The first kappa shape index (κ1) is 15.7. The van der Waals surface area contributed by atoms with Gasteiger partial charge in [0.05, 0.1) is 5.69 Å². The molecule has 0 unspecified atom stereocenters. The fourth-order valence-electron chi connectivity index (χ4n) is 1.68. The number of rotatable bonds is 4. The maximum absolute atomic E-state index is 13.5. The number of phenols is 1. The number of aromatic carboxylic acids is 1. The van der Waals surface area contributed by atoms with Crippen LogP contribution in [0.1, 0.15) is 10.4 Å². The summed E-state index contributed by atoms with van der Waals surface area (Å²) >= 11 is 0. The number of benzene rings is 2. The van der Waals surface area contributed by atoms with Gasteiger partial charge in [-0.3, -0.25) is 4.72 Å². The molecule has 0 aliphatic carbocycles. The second-order valence-corrected chi connectivity index (χ2v) is 5.84. The Hall–Kier alpha value is -2.68. The van der Waals surface area contributed by atoms with Crippen LogP contribution in [0.4, 0.5) is 14.5 Å². The zero-order valence-corrected chi connectivity index (χ0v) is 11.6. The van der Waals surface area contributed by atoms with Gasteiger partial charge in [-0.25, -0.2) is 22.0 Å². The van der Waals surface area contributed by atoms with Crippen LogP contribution in [0.15, 0.2) is 41.3 Å². The van der Waals surface area contributed by atoms with Crippen molar-refractivity contribution in [3.8, 4) is 5.75 Å². The molecule has 0 spiro atoms. The second-order valence-electron chi connectivity index (χ2n) is 4.19. The molecule has 2 aromatic rings. The molecular formula is C13H9F2NO5S. The Kier molecular flexibility index (Phi) is 4.00. The first-order valence-corrected chi connectivity index (χ1v) is 7.24. The maximum atomic E-state index is 13.5. The molecule has 0 aliphatic heterocycles. The predicted molar refractivity (Wildman–Crippen MR) is 72.2 cm³/mol. The van der Waals surface area contributed by atoms with Gasteiger partial charge in [-0.15, -0.1) is 0 Å². The van der Waals surface area contributed by atoms with Crippen molar-refractivity contribution in [2.24, 2.45) is 0 Å². The van der Waals surface area contributed by atoms with Gasteiger partial charge in [0, 0.05) is 0 Å². The van der Waals surface area contributed by atoms with E-state index in [2.05, 4.69) is 0 Å². The summed E-state index contributed by atoms with van der Waals surface area (Å²) in [7, 11) is -4.55. The van der Waals surface area contributed by atoms with E-state index >= 15 is 0 Å². The molecule has 9 heteroatoms. The van der Waals surface area contributed by atoms with Crippen LogP contribution in [-0.2, 0) is 10.0 Å². The number of carbonyl (C=O) groups is 1. The minimum Gasteiger partial charge on any atom is -0.505 e. The van der Waals surface area contributed by atoms with Gasteiger partial charge in [-0.05, 0) is 30.3 Å². The fourth-order valence-corrected chi connectivity index (χ4v) is 2.84. The van der Waals surface area contributed by atoms with Crippen molar-refractivity contribution in [2.45, 2.75) is 4.90 Å². The van der Waals surface area contributed by atoms with E-state index in [1.165, 1.54) is 6.07 Å². The molecule has 2 rings (SSSR count). The van der Waals surface area contributed by atoms with Gasteiger partial charge in [0.15, 0.2) is 5.75 Å². The van der Waals surface area contributed by atoms with Crippen molar-refractivity contribution < 1.29 is 32.2 Å². The molecule has 0 saturated heterocycles. The lowest BCUT2D eigenvalue weighted by atomic mass is 10.2. The first-order valence-electron chi connectivity index (χ1n) is 5.75. The van der Waals surface area contributed by atoms with Gasteiger partial charge < -0.3 is 10.2 Å². The number of halogens is 2. The summed E-state index contributed by atoms with van der Waals surface area (Å²) < 4.78 is 52.5. The fraction of sp³-hybridized carbons (Fsp3) is 0. The number of para-hydroxylation sites is 1. The minimum atomic E-state index is -4.55. The lowest BCUT2D eigenvalue weighted by Crippen LogP contribution is -2.15. The molecule has 116 valence electrons. The number of nitrogens with one attached hydrogen (secondary N) is 1. The van der Waals surface area contributed by atoms with Crippen LogP contribution in [0.3, 0.4) is 0 Å². The number of carboxylic acid groups (broad SMARTS) is 1. The summed E-state index contributed by atoms with van der Waals surface area (Å²) in [5.41, 5.74) is -1.01. The van der Waals surface area contributed by atoms with E-state index in [0.717, 1.165) is 18.2 Å². The Morgan fingerprint density at radius 1 is 1.14 bits per heavy atom. The summed E-state index contributed by atoms with van der Waals surface area (Å²) in [5.74, 6) is -4.47. The van der Waals surface area contributed by atoms with E-state index < -0.39 is 49.5 Å². The smallest absolute Gasteiger partial charge is 0.339 e. The van der Waals surface area contributed by atoms with E-state index in [1.807, 2.05) is 4.72 Å². The largest absolute Gasteiger partial charge is 0.505 e. The highest BCUT2D eigenvalue weighted by molar-refractivity contribution is 7.92. The Morgan fingerprint density at radius 3 is 2.45 bits per heavy atom. The number of aromatic hydroxyl groups is 1. The Bertz CT molecular complexity index is 852. The number of hydrogen-bond acceptors (Lipinski definition) is 4. The molecule has 6 nitrogen and oxygen atoms in total. The van der Waals surface area contributed by atoms with E-state index in [0.29, 0.717) is 12.1 Å². The molecule has 0 aromatic heterocycles. The highest BCUT2D eigenvalue weighted by atomic mass is 32.2. The number of sulfonamides is 1. The molecule has 22 heavy (non-hydrogen) atoms. The van der Waals surface area contributed by atoms with Crippen LogP contribution in [0, 0.1) is 11.6 Å². The van der Waals surface area contributed by atoms with E-state index in [9.17, 15) is 27.1 Å². The Labute approximate surface area is 123 Å². The molecule has 0 fully saturated rings. The molecule has 0 radical (unpaired) electrons. The van der Waals surface area contributed by atoms with Crippen LogP contribution >= 0.6 is 0 Å². The van der Waals surface area contributed by atoms with Crippen LogP contribution in [-0.4, -0.2) is 24.6 Å². The Morgan fingerprint density at radius 2 is 1.82 bits per heavy atom. The second kappa shape index (κ2) is 5.60. The average Bonchev–Trinajstić information content (AvgIpc) is 2.43. The monoisotopic (exact) mass is 329 g/mol. The molecular weight excluding hydrogens is 320 g/mol. The van der Waals surface area contributed by atoms with Gasteiger partial charge in [-0.1, -0.05) is 6.07 Å². The molecule has 0 aliphatic rings. The Balaban J connectivity index is 2.48. The summed E-state index contributed by atoms with van der Waals surface area (Å²) in [6, 6.07) is 5.17. The summed E-state index contributed by atoms with van der Waals surface area (Å²) in [6.45, 7) is 0. The predicted octanol–water partition coefficient (Wildman–Crippen LogP) is 2.17. The van der Waals surface area contributed by atoms with Crippen LogP contribution in [0.2, 0.25) is 0 Å².